The van der Waals surface area contributed by atoms with E-state index in [0.29, 0.717) is 28.7 Å². The summed E-state index contributed by atoms with van der Waals surface area (Å²) < 4.78 is 0. The van der Waals surface area contributed by atoms with Crippen molar-refractivity contribution in [2.75, 3.05) is 5.32 Å². The Kier molecular flexibility index (Phi) is 5.28. The molecular weight excluding hydrogens is 393 g/mol. The summed E-state index contributed by atoms with van der Waals surface area (Å²) in [6.45, 7) is 3.95. The number of hydrogen-bond acceptors (Lipinski definition) is 4. The molecule has 4 nitrogen and oxygen atoms in total. The van der Waals surface area contributed by atoms with Crippen molar-refractivity contribution in [1.29, 1.82) is 0 Å². The molecule has 1 aliphatic rings. The number of rotatable bonds is 4. The zero-order valence-electron chi connectivity index (χ0n) is 15.7. The summed E-state index contributed by atoms with van der Waals surface area (Å²) in [6, 6.07) is 13.3. The molecular formula is C22H21Cl2N3O. The first-order chi connectivity index (χ1) is 13.5. The number of anilines is 1. The van der Waals surface area contributed by atoms with E-state index >= 15 is 0 Å². The van der Waals surface area contributed by atoms with Gasteiger partial charge in [0.2, 0.25) is 0 Å². The monoisotopic (exact) mass is 413 g/mol. The summed E-state index contributed by atoms with van der Waals surface area (Å²) in [5.74, 6) is 0.687. The van der Waals surface area contributed by atoms with Crippen LogP contribution in [0.5, 0.6) is 0 Å². The van der Waals surface area contributed by atoms with Gasteiger partial charge in [0.05, 0.1) is 34.3 Å². The minimum Gasteiger partial charge on any atom is -0.390 e. The molecule has 2 aromatic carbocycles. The Balaban J connectivity index is 1.72. The molecule has 4 rings (SSSR count). The fourth-order valence-electron chi connectivity index (χ4n) is 3.73. The predicted octanol–water partition coefficient (Wildman–Crippen LogP) is 5.39. The molecule has 3 aromatic rings. The van der Waals surface area contributed by atoms with Crippen molar-refractivity contribution < 1.29 is 5.11 Å². The van der Waals surface area contributed by atoms with E-state index in [-0.39, 0.29) is 6.04 Å². The standard InChI is InChI=1S/C22H21Cl2N3O/c1-3-18-20(16-9-8-14(23)11-17(16)24)25-12(2)22(26-18)27-21-15-7-5-4-6-13(15)10-19(21)28/h4-9,11,19,21,28H,3,10H2,1-2H3,(H,26,27)/t19-,21+/m0/s1. The van der Waals surface area contributed by atoms with E-state index in [4.69, 9.17) is 33.2 Å². The third-order valence-electron chi connectivity index (χ3n) is 5.16. The van der Waals surface area contributed by atoms with Crippen LogP contribution in [-0.2, 0) is 12.8 Å². The van der Waals surface area contributed by atoms with Crippen molar-refractivity contribution in [3.05, 3.63) is 75.0 Å². The van der Waals surface area contributed by atoms with Crippen LogP contribution in [0.15, 0.2) is 42.5 Å². The molecule has 0 saturated carbocycles. The Morgan fingerprint density at radius 1 is 1.14 bits per heavy atom. The van der Waals surface area contributed by atoms with Gasteiger partial charge in [0.25, 0.3) is 0 Å². The van der Waals surface area contributed by atoms with Gasteiger partial charge in [0.1, 0.15) is 5.82 Å². The maximum atomic E-state index is 10.5. The number of aliphatic hydroxyl groups excluding tert-OH is 1. The van der Waals surface area contributed by atoms with Crippen molar-refractivity contribution in [2.24, 2.45) is 0 Å². The second-order valence-corrected chi connectivity index (χ2v) is 7.87. The lowest BCUT2D eigenvalue weighted by Crippen LogP contribution is -2.22. The van der Waals surface area contributed by atoms with Crippen LogP contribution in [-0.4, -0.2) is 21.2 Å². The van der Waals surface area contributed by atoms with Crippen LogP contribution in [0, 0.1) is 6.92 Å². The van der Waals surface area contributed by atoms with E-state index in [1.54, 1.807) is 12.1 Å². The molecule has 0 fully saturated rings. The Hall–Kier alpha value is -2.14. The van der Waals surface area contributed by atoms with Gasteiger partial charge in [-0.2, -0.15) is 0 Å². The summed E-state index contributed by atoms with van der Waals surface area (Å²) in [6.07, 6.45) is 0.855. The fourth-order valence-corrected chi connectivity index (χ4v) is 4.23. The second-order valence-electron chi connectivity index (χ2n) is 7.02. The molecule has 1 heterocycles. The van der Waals surface area contributed by atoms with E-state index in [9.17, 15) is 5.11 Å². The van der Waals surface area contributed by atoms with Gasteiger partial charge in [-0.15, -0.1) is 0 Å². The largest absolute Gasteiger partial charge is 0.390 e. The van der Waals surface area contributed by atoms with Gasteiger partial charge < -0.3 is 10.4 Å². The highest BCUT2D eigenvalue weighted by Gasteiger charge is 2.31. The van der Waals surface area contributed by atoms with Crippen molar-refractivity contribution in [3.8, 4) is 11.3 Å². The molecule has 0 saturated heterocycles. The minimum atomic E-state index is -0.492. The first-order valence-corrected chi connectivity index (χ1v) is 10.1. The number of nitrogens with zero attached hydrogens (tertiary/aromatic N) is 2. The number of aliphatic hydroxyl groups is 1. The highest BCUT2D eigenvalue weighted by molar-refractivity contribution is 6.36. The average Bonchev–Trinajstić information content (AvgIpc) is 2.98. The molecule has 0 aliphatic heterocycles. The zero-order chi connectivity index (χ0) is 19.8. The highest BCUT2D eigenvalue weighted by Crippen LogP contribution is 2.36. The summed E-state index contributed by atoms with van der Waals surface area (Å²) >= 11 is 12.4. The van der Waals surface area contributed by atoms with E-state index in [1.807, 2.05) is 32.0 Å². The maximum Gasteiger partial charge on any atom is 0.148 e. The van der Waals surface area contributed by atoms with Crippen LogP contribution in [0.3, 0.4) is 0 Å². The number of nitrogens with one attached hydrogen (secondary N) is 1. The third-order valence-corrected chi connectivity index (χ3v) is 5.71. The first-order valence-electron chi connectivity index (χ1n) is 9.33. The molecule has 0 amide bonds. The molecule has 6 heteroatoms. The minimum absolute atomic E-state index is 0.195. The van der Waals surface area contributed by atoms with Crippen LogP contribution in [0.25, 0.3) is 11.3 Å². The molecule has 144 valence electrons. The molecule has 0 spiro atoms. The van der Waals surface area contributed by atoms with Crippen LogP contribution in [0.2, 0.25) is 10.0 Å². The summed E-state index contributed by atoms with van der Waals surface area (Å²) in [4.78, 5) is 9.62. The molecule has 0 bridgehead atoms. The molecule has 2 N–H and O–H groups in total. The number of aryl methyl sites for hydroxylation is 2. The Morgan fingerprint density at radius 3 is 2.68 bits per heavy atom. The van der Waals surface area contributed by atoms with Crippen LogP contribution < -0.4 is 5.32 Å². The summed E-state index contributed by atoms with van der Waals surface area (Å²) in [5.41, 5.74) is 5.46. The molecule has 0 radical (unpaired) electrons. The Morgan fingerprint density at radius 2 is 1.93 bits per heavy atom. The zero-order valence-corrected chi connectivity index (χ0v) is 17.2. The maximum absolute atomic E-state index is 10.5. The molecule has 1 aliphatic carbocycles. The Labute approximate surface area is 174 Å². The predicted molar refractivity (Wildman–Crippen MR) is 114 cm³/mol. The third kappa shape index (κ3) is 3.48. The van der Waals surface area contributed by atoms with Gasteiger partial charge in [-0.3, -0.25) is 0 Å². The van der Waals surface area contributed by atoms with Crippen molar-refractivity contribution in [2.45, 2.75) is 38.8 Å². The smallest absolute Gasteiger partial charge is 0.148 e. The summed E-state index contributed by atoms with van der Waals surface area (Å²) in [7, 11) is 0. The van der Waals surface area contributed by atoms with E-state index < -0.39 is 6.10 Å². The number of fused-ring (bicyclic) bond motifs is 1. The average molecular weight is 414 g/mol. The van der Waals surface area contributed by atoms with Crippen molar-refractivity contribution in [3.63, 3.8) is 0 Å². The van der Waals surface area contributed by atoms with E-state index in [1.165, 1.54) is 5.56 Å². The normalized spacial score (nSPS) is 18.2. The number of hydrogen-bond donors (Lipinski definition) is 2. The van der Waals surface area contributed by atoms with Gasteiger partial charge in [0.15, 0.2) is 0 Å². The molecule has 2 atom stereocenters. The number of benzene rings is 2. The SMILES string of the molecule is CCc1nc(N[C@@H]2c3ccccc3C[C@@H]2O)c(C)nc1-c1ccc(Cl)cc1Cl. The highest BCUT2D eigenvalue weighted by atomic mass is 35.5. The van der Waals surface area contributed by atoms with Gasteiger partial charge in [-0.25, -0.2) is 9.97 Å². The fraction of sp³-hybridized carbons (Fsp3) is 0.273. The lowest BCUT2D eigenvalue weighted by atomic mass is 10.1. The first kappa shape index (κ1) is 19.2. The van der Waals surface area contributed by atoms with Gasteiger partial charge >= 0.3 is 0 Å². The van der Waals surface area contributed by atoms with Crippen LogP contribution in [0.1, 0.15) is 35.5 Å². The van der Waals surface area contributed by atoms with Crippen LogP contribution >= 0.6 is 23.2 Å². The Bertz CT molecular complexity index is 1040. The lowest BCUT2D eigenvalue weighted by Gasteiger charge is -2.21. The quantitative estimate of drug-likeness (QED) is 0.601. The van der Waals surface area contributed by atoms with E-state index in [2.05, 4.69) is 17.4 Å². The molecule has 1 aromatic heterocycles. The van der Waals surface area contributed by atoms with Crippen LogP contribution in [0.4, 0.5) is 5.82 Å². The van der Waals surface area contributed by atoms with Crippen molar-refractivity contribution >= 4 is 29.0 Å². The molecule has 28 heavy (non-hydrogen) atoms. The second kappa shape index (κ2) is 7.70. The molecule has 0 unspecified atom stereocenters. The lowest BCUT2D eigenvalue weighted by molar-refractivity contribution is 0.165. The number of halogens is 2. The van der Waals surface area contributed by atoms with E-state index in [0.717, 1.165) is 28.2 Å². The van der Waals surface area contributed by atoms with Gasteiger partial charge in [-0.05, 0) is 42.7 Å². The van der Waals surface area contributed by atoms with Gasteiger partial charge in [-0.1, -0.05) is 54.4 Å². The summed E-state index contributed by atoms with van der Waals surface area (Å²) in [5, 5.41) is 15.1. The van der Waals surface area contributed by atoms with Gasteiger partial charge in [0, 0.05) is 17.0 Å². The number of aromatic nitrogens is 2. The topological polar surface area (TPSA) is 58.0 Å². The van der Waals surface area contributed by atoms with Crippen molar-refractivity contribution in [1.82, 2.24) is 9.97 Å².